The second kappa shape index (κ2) is 6.39. The summed E-state index contributed by atoms with van der Waals surface area (Å²) in [7, 11) is 0. The number of hydrogen-bond donors (Lipinski definition) is 1. The van der Waals surface area contributed by atoms with Gasteiger partial charge in [0, 0.05) is 25.1 Å². The van der Waals surface area contributed by atoms with Gasteiger partial charge in [-0.15, -0.1) is 10.2 Å². The zero-order valence-electron chi connectivity index (χ0n) is 10.4. The lowest BCUT2D eigenvalue weighted by Gasteiger charge is -2.37. The van der Waals surface area contributed by atoms with E-state index >= 15 is 0 Å². The summed E-state index contributed by atoms with van der Waals surface area (Å²) in [5.74, 6) is -0.775. The number of nitrogens with zero attached hydrogens (tertiary/aromatic N) is 3. The van der Waals surface area contributed by atoms with Crippen LogP contribution in [0.15, 0.2) is 6.07 Å². The van der Waals surface area contributed by atoms with Crippen LogP contribution < -0.4 is 4.90 Å². The maximum atomic E-state index is 10.7. The zero-order chi connectivity index (χ0) is 13.8. The van der Waals surface area contributed by atoms with Crippen molar-refractivity contribution in [2.45, 2.75) is 38.1 Å². The maximum Gasteiger partial charge on any atom is 0.303 e. The van der Waals surface area contributed by atoms with Gasteiger partial charge in [-0.05, 0) is 25.7 Å². The third kappa shape index (κ3) is 3.70. The molecule has 0 amide bonds. The number of rotatable bonds is 4. The third-order valence-electron chi connectivity index (χ3n) is 3.33. The molecule has 1 aliphatic heterocycles. The summed E-state index contributed by atoms with van der Waals surface area (Å²) < 4.78 is 0. The van der Waals surface area contributed by atoms with Crippen LogP contribution in [0.4, 0.5) is 5.69 Å². The maximum absolute atomic E-state index is 10.7. The summed E-state index contributed by atoms with van der Waals surface area (Å²) >= 11 is 11.9. The van der Waals surface area contributed by atoms with Gasteiger partial charge >= 0.3 is 5.97 Å². The van der Waals surface area contributed by atoms with Crippen molar-refractivity contribution in [3.63, 3.8) is 0 Å². The van der Waals surface area contributed by atoms with Gasteiger partial charge in [0.1, 0.15) is 0 Å². The molecule has 0 saturated carbocycles. The number of aliphatic carboxylic acids is 1. The first kappa shape index (κ1) is 14.3. The molecule has 0 radical (unpaired) electrons. The van der Waals surface area contributed by atoms with Gasteiger partial charge in [-0.2, -0.15) is 0 Å². The Kier molecular flexibility index (Phi) is 4.82. The van der Waals surface area contributed by atoms with Gasteiger partial charge in [0.05, 0.1) is 5.69 Å². The summed E-state index contributed by atoms with van der Waals surface area (Å²) in [5.41, 5.74) is 0.747. The van der Waals surface area contributed by atoms with Gasteiger partial charge < -0.3 is 10.0 Å². The molecule has 1 saturated heterocycles. The normalized spacial score (nSPS) is 19.5. The van der Waals surface area contributed by atoms with Crippen LogP contribution in [0.2, 0.25) is 10.3 Å². The fraction of sp³-hybridized carbons (Fsp3) is 0.583. The lowest BCUT2D eigenvalue weighted by atomic mass is 9.97. The van der Waals surface area contributed by atoms with Crippen LogP contribution in [0.25, 0.3) is 0 Å². The van der Waals surface area contributed by atoms with Gasteiger partial charge in [-0.1, -0.05) is 23.2 Å². The van der Waals surface area contributed by atoms with Crippen LogP contribution in [-0.2, 0) is 4.79 Å². The van der Waals surface area contributed by atoms with E-state index in [1.807, 2.05) is 0 Å². The van der Waals surface area contributed by atoms with Crippen LogP contribution in [-0.4, -0.2) is 33.9 Å². The molecule has 1 N–H and O–H groups in total. The zero-order valence-corrected chi connectivity index (χ0v) is 11.9. The van der Waals surface area contributed by atoms with Crippen LogP contribution in [0.5, 0.6) is 0 Å². The van der Waals surface area contributed by atoms with Crippen LogP contribution in [0, 0.1) is 0 Å². The molecule has 2 rings (SSSR count). The van der Waals surface area contributed by atoms with Crippen molar-refractivity contribution in [1.82, 2.24) is 10.2 Å². The number of hydrogen-bond acceptors (Lipinski definition) is 4. The summed E-state index contributed by atoms with van der Waals surface area (Å²) in [5, 5.41) is 16.9. The van der Waals surface area contributed by atoms with Crippen LogP contribution >= 0.6 is 23.2 Å². The van der Waals surface area contributed by atoms with Crippen molar-refractivity contribution in [3.05, 3.63) is 16.4 Å². The largest absolute Gasteiger partial charge is 0.481 e. The van der Waals surface area contributed by atoms with Gasteiger partial charge in [0.2, 0.25) is 0 Å². The molecule has 1 aromatic heterocycles. The third-order valence-corrected chi connectivity index (χ3v) is 3.78. The van der Waals surface area contributed by atoms with Crippen molar-refractivity contribution in [2.75, 3.05) is 11.4 Å². The molecule has 0 aliphatic carbocycles. The summed E-state index contributed by atoms with van der Waals surface area (Å²) in [4.78, 5) is 12.8. The van der Waals surface area contributed by atoms with E-state index < -0.39 is 5.97 Å². The van der Waals surface area contributed by atoms with E-state index in [0.717, 1.165) is 31.5 Å². The van der Waals surface area contributed by atoms with Gasteiger partial charge in [-0.25, -0.2) is 0 Å². The van der Waals surface area contributed by atoms with E-state index in [1.54, 1.807) is 6.07 Å². The molecule has 0 aromatic carbocycles. The van der Waals surface area contributed by atoms with Gasteiger partial charge in [-0.3, -0.25) is 4.79 Å². The Morgan fingerprint density at radius 2 is 2.21 bits per heavy atom. The molecule has 7 heteroatoms. The summed E-state index contributed by atoms with van der Waals surface area (Å²) in [6.07, 6.45) is 3.88. The fourth-order valence-corrected chi connectivity index (χ4v) is 2.80. The lowest BCUT2D eigenvalue weighted by Crippen LogP contribution is -2.40. The molecule has 1 atom stereocenters. The molecule has 2 heterocycles. The van der Waals surface area contributed by atoms with Crippen molar-refractivity contribution in [2.24, 2.45) is 0 Å². The van der Waals surface area contributed by atoms with Crippen LogP contribution in [0.3, 0.4) is 0 Å². The Hall–Kier alpha value is -1.07. The molecule has 1 unspecified atom stereocenters. The minimum Gasteiger partial charge on any atom is -0.481 e. The number of aromatic nitrogens is 2. The van der Waals surface area contributed by atoms with E-state index in [0.29, 0.717) is 16.7 Å². The molecule has 0 bridgehead atoms. The Bertz CT molecular complexity index is 470. The number of anilines is 1. The molecule has 1 aliphatic rings. The highest BCUT2D eigenvalue weighted by molar-refractivity contribution is 6.33. The predicted octanol–water partition coefficient (Wildman–Crippen LogP) is 3.01. The van der Waals surface area contributed by atoms with E-state index in [9.17, 15) is 4.79 Å². The molecule has 5 nitrogen and oxygen atoms in total. The van der Waals surface area contributed by atoms with Crippen LogP contribution in [0.1, 0.15) is 32.1 Å². The van der Waals surface area contributed by atoms with E-state index in [2.05, 4.69) is 15.1 Å². The molecular formula is C12H15Cl2N3O2. The lowest BCUT2D eigenvalue weighted by molar-refractivity contribution is -0.137. The highest BCUT2D eigenvalue weighted by Gasteiger charge is 2.25. The van der Waals surface area contributed by atoms with E-state index in [1.165, 1.54) is 0 Å². The second-order valence-electron chi connectivity index (χ2n) is 4.62. The first-order chi connectivity index (χ1) is 9.08. The fourth-order valence-electron chi connectivity index (χ4n) is 2.45. The molecule has 104 valence electrons. The number of piperidine rings is 1. The van der Waals surface area contributed by atoms with E-state index in [4.69, 9.17) is 28.3 Å². The minimum absolute atomic E-state index is 0.158. The highest BCUT2D eigenvalue weighted by Crippen LogP contribution is 2.32. The predicted molar refractivity (Wildman–Crippen MR) is 73.9 cm³/mol. The smallest absolute Gasteiger partial charge is 0.303 e. The Balaban J connectivity index is 2.18. The summed E-state index contributed by atoms with van der Waals surface area (Å²) in [6, 6.07) is 1.86. The quantitative estimate of drug-likeness (QED) is 0.926. The summed E-state index contributed by atoms with van der Waals surface area (Å²) in [6.45, 7) is 0.839. The van der Waals surface area contributed by atoms with Crippen molar-refractivity contribution in [1.29, 1.82) is 0 Å². The molecular weight excluding hydrogens is 289 g/mol. The highest BCUT2D eigenvalue weighted by atomic mass is 35.5. The average Bonchev–Trinajstić information content (AvgIpc) is 2.39. The Morgan fingerprint density at radius 3 is 2.95 bits per heavy atom. The Morgan fingerprint density at radius 1 is 1.42 bits per heavy atom. The topological polar surface area (TPSA) is 66.3 Å². The molecule has 0 spiro atoms. The number of carboxylic acid groups (broad SMARTS) is 1. The average molecular weight is 304 g/mol. The number of halogens is 2. The minimum atomic E-state index is -0.775. The van der Waals surface area contributed by atoms with Crippen molar-refractivity contribution >= 4 is 34.9 Å². The Labute approximate surface area is 121 Å². The van der Waals surface area contributed by atoms with E-state index in [-0.39, 0.29) is 12.5 Å². The first-order valence-corrected chi connectivity index (χ1v) is 7.00. The van der Waals surface area contributed by atoms with Gasteiger partial charge in [0.25, 0.3) is 0 Å². The molecule has 1 aromatic rings. The van der Waals surface area contributed by atoms with Crippen molar-refractivity contribution < 1.29 is 9.90 Å². The second-order valence-corrected chi connectivity index (χ2v) is 5.36. The van der Waals surface area contributed by atoms with Gasteiger partial charge in [0.15, 0.2) is 10.3 Å². The number of carbonyl (C=O) groups is 1. The molecule has 1 fully saturated rings. The standard InChI is InChI=1S/C12H15Cl2N3O2/c13-10-7-9(12(14)16-15-10)17-6-2-1-3-8(17)4-5-11(18)19/h7-8H,1-6H2,(H,18,19). The SMILES string of the molecule is O=C(O)CCC1CCCCN1c1cc(Cl)nnc1Cl. The molecule has 19 heavy (non-hydrogen) atoms. The first-order valence-electron chi connectivity index (χ1n) is 6.25. The number of carboxylic acids is 1. The van der Waals surface area contributed by atoms with Crippen molar-refractivity contribution in [3.8, 4) is 0 Å². The monoisotopic (exact) mass is 303 g/mol.